The topological polar surface area (TPSA) is 142 Å². The number of rotatable bonds is 43. The van der Waals surface area contributed by atoms with Gasteiger partial charge in [0.1, 0.15) is 24.7 Å². The van der Waals surface area contributed by atoms with Gasteiger partial charge in [0.25, 0.3) is 0 Å². The van der Waals surface area contributed by atoms with E-state index < -0.39 is 5.41 Å². The third kappa shape index (κ3) is 16.5. The average Bonchev–Trinajstić information content (AvgIpc) is 1.59. The Morgan fingerprint density at radius 2 is 0.628 bits per heavy atom. The largest absolute Gasteiger partial charge is 0.491 e. The van der Waals surface area contributed by atoms with E-state index in [-0.39, 0.29) is 0 Å². The van der Waals surface area contributed by atoms with Gasteiger partial charge in [-0.05, 0) is 144 Å². The Bertz CT molecular complexity index is 3740. The first kappa shape index (κ1) is 67.7. The molecule has 0 fully saturated rings. The molecule has 0 aliphatic heterocycles. The summed E-state index contributed by atoms with van der Waals surface area (Å²) in [5.41, 5.74) is 13.9. The van der Waals surface area contributed by atoms with Crippen molar-refractivity contribution < 1.29 is 66.3 Å². The number of nitrogens with zero attached hydrogens (tertiary/aromatic N) is 3. The normalized spacial score (nSPS) is 12.6. The van der Waals surface area contributed by atoms with Crippen molar-refractivity contribution in [3.8, 4) is 34.0 Å². The van der Waals surface area contributed by atoms with Crippen molar-refractivity contribution >= 4 is 60.7 Å². The van der Waals surface area contributed by atoms with Gasteiger partial charge in [-0.2, -0.15) is 0 Å². The van der Waals surface area contributed by atoms with Crippen molar-refractivity contribution in [2.75, 3.05) is 179 Å². The highest BCUT2D eigenvalue weighted by molar-refractivity contribution is 6.12. The molecule has 2 heterocycles. The minimum atomic E-state index is -0.460. The van der Waals surface area contributed by atoms with Crippen LogP contribution in [0, 0.1) is 0 Å². The first-order valence-corrected chi connectivity index (χ1v) is 32.7. The molecule has 0 amide bonds. The monoisotopic (exact) mass is 1280 g/mol. The maximum Gasteiger partial charge on any atom is 0.119 e. The van der Waals surface area contributed by atoms with Crippen LogP contribution in [0.25, 0.3) is 66.1 Å². The second kappa shape index (κ2) is 35.1. The van der Waals surface area contributed by atoms with Crippen molar-refractivity contribution in [3.63, 3.8) is 0 Å². The Kier molecular flexibility index (Phi) is 25.3. The van der Waals surface area contributed by atoms with Crippen LogP contribution in [0.15, 0.2) is 176 Å². The predicted octanol–water partition coefficient (Wildman–Crippen LogP) is 13.9. The number of anilines is 3. The zero-order valence-electron chi connectivity index (χ0n) is 54.8. The summed E-state index contributed by atoms with van der Waals surface area (Å²) in [5.74, 6) is 1.54. The minimum Gasteiger partial charge on any atom is -0.491 e. The van der Waals surface area contributed by atoms with Gasteiger partial charge < -0.3 is 80.4 Å². The zero-order chi connectivity index (χ0) is 64.6. The molecule has 0 unspecified atom stereocenters. The number of ether oxygens (including phenoxy) is 14. The molecular formula is C77H89N3O14. The molecule has 0 spiro atoms. The van der Waals surface area contributed by atoms with Gasteiger partial charge in [-0.1, -0.05) is 66.7 Å². The van der Waals surface area contributed by atoms with Crippen LogP contribution in [0.3, 0.4) is 0 Å². The number of hydrogen-bond acceptors (Lipinski definition) is 15. The Balaban J connectivity index is 0.964. The highest BCUT2D eigenvalue weighted by Gasteiger charge is 2.43. The van der Waals surface area contributed by atoms with Crippen LogP contribution >= 0.6 is 0 Å². The molecule has 1 aliphatic rings. The van der Waals surface area contributed by atoms with Crippen LogP contribution in [0.1, 0.15) is 24.0 Å². The van der Waals surface area contributed by atoms with Crippen molar-refractivity contribution in [2.24, 2.45) is 0 Å². The molecule has 17 heteroatoms. The van der Waals surface area contributed by atoms with Crippen LogP contribution in [0.4, 0.5) is 17.1 Å². The summed E-state index contributed by atoms with van der Waals surface area (Å²) in [6.07, 6.45) is 1.45. The van der Waals surface area contributed by atoms with Gasteiger partial charge in [0, 0.05) is 97.0 Å². The fraction of sp³-hybridized carbons (Fsp3) is 0.377. The lowest BCUT2D eigenvalue weighted by atomic mass is 9.73. The summed E-state index contributed by atoms with van der Waals surface area (Å²) in [6.45, 7) is 11.1. The fourth-order valence-corrected chi connectivity index (χ4v) is 12.6. The van der Waals surface area contributed by atoms with E-state index in [9.17, 15) is 0 Å². The van der Waals surface area contributed by atoms with E-state index in [1.807, 2.05) is 24.3 Å². The molecule has 8 aromatic carbocycles. The molecule has 10 aromatic rings. The number of methoxy groups -OCH3 is 4. The molecule has 496 valence electrons. The molecule has 94 heavy (non-hydrogen) atoms. The van der Waals surface area contributed by atoms with Gasteiger partial charge >= 0.3 is 0 Å². The van der Waals surface area contributed by atoms with E-state index in [1.165, 1.54) is 22.3 Å². The minimum absolute atomic E-state index is 0.426. The Morgan fingerprint density at radius 1 is 0.287 bits per heavy atom. The predicted molar refractivity (Wildman–Crippen MR) is 370 cm³/mol. The van der Waals surface area contributed by atoms with Crippen molar-refractivity contribution in [3.05, 3.63) is 187 Å². The molecule has 17 nitrogen and oxygen atoms in total. The standard InChI is InChI=1S/C77H89N3O14/c1-81-35-39-87-45-43-85-33-31-77(32-34-86-44-46-88-40-36-82-2)71-14-8-5-11-65(71)66-28-21-62(57-72(66)77)78(60-22-29-75-69(55-60)67-12-6-9-15-73(67)79(75)58-17-24-63(25-18-58)93-53-51-91-49-47-89-41-37-83-3)61-23-30-76-70(56-61)68-13-7-10-16-74(68)80(76)59-19-26-64(27-20-59)94-54-52-92-50-48-90-42-38-84-4/h5-30,55-57H,31-54H2,1-4H3. The smallest absolute Gasteiger partial charge is 0.119 e. The molecule has 0 N–H and O–H groups in total. The molecule has 0 bridgehead atoms. The van der Waals surface area contributed by atoms with Gasteiger partial charge in [-0.25, -0.2) is 0 Å². The quantitative estimate of drug-likeness (QED) is 0.0334. The van der Waals surface area contributed by atoms with Gasteiger partial charge in [0.15, 0.2) is 0 Å². The Morgan fingerprint density at radius 3 is 1.06 bits per heavy atom. The second-order valence-electron chi connectivity index (χ2n) is 22.9. The lowest BCUT2D eigenvalue weighted by Gasteiger charge is -2.34. The third-order valence-electron chi connectivity index (χ3n) is 17.1. The first-order valence-electron chi connectivity index (χ1n) is 32.7. The third-order valence-corrected chi connectivity index (χ3v) is 17.1. The molecule has 2 aromatic heterocycles. The molecular weight excluding hydrogens is 1190 g/mol. The van der Waals surface area contributed by atoms with E-state index >= 15 is 0 Å². The van der Waals surface area contributed by atoms with Gasteiger partial charge in [0.05, 0.1) is 141 Å². The van der Waals surface area contributed by atoms with Gasteiger partial charge in [0.2, 0.25) is 0 Å². The summed E-state index contributed by atoms with van der Waals surface area (Å²) < 4.78 is 84.7. The molecule has 1 aliphatic carbocycles. The second-order valence-corrected chi connectivity index (χ2v) is 22.9. The number of hydrogen-bond donors (Lipinski definition) is 0. The SMILES string of the molecule is COCCOCCOCCOc1ccc(-n2c3ccccc3c3cc(N(c4ccc5c(c4)C(CCOCCOCCOC)(CCOCCOCCOC)c4ccccc4-5)c4ccc5c(c4)c4ccccc4n5-c4ccc(OCCOCCOCCOC)cc4)ccc32)cc1. The molecule has 11 rings (SSSR count). The van der Waals surface area contributed by atoms with Crippen LogP contribution in [-0.4, -0.2) is 183 Å². The summed E-state index contributed by atoms with van der Waals surface area (Å²) in [7, 11) is 6.69. The summed E-state index contributed by atoms with van der Waals surface area (Å²) >= 11 is 0. The van der Waals surface area contributed by atoms with Crippen LogP contribution in [0.2, 0.25) is 0 Å². The van der Waals surface area contributed by atoms with Gasteiger partial charge in [-0.15, -0.1) is 0 Å². The van der Waals surface area contributed by atoms with Gasteiger partial charge in [-0.3, -0.25) is 0 Å². The molecule has 0 saturated heterocycles. The highest BCUT2D eigenvalue weighted by Crippen LogP contribution is 2.55. The van der Waals surface area contributed by atoms with E-state index in [1.54, 1.807) is 28.4 Å². The van der Waals surface area contributed by atoms with Crippen molar-refractivity contribution in [1.82, 2.24) is 9.13 Å². The summed E-state index contributed by atoms with van der Waals surface area (Å²) in [5, 5.41) is 4.53. The molecule has 0 atom stereocenters. The van der Waals surface area contributed by atoms with Crippen molar-refractivity contribution in [1.29, 1.82) is 0 Å². The van der Waals surface area contributed by atoms with E-state index in [0.717, 1.165) is 96.4 Å². The maximum absolute atomic E-state index is 6.45. The number of para-hydroxylation sites is 2. The number of benzene rings is 8. The first-order chi connectivity index (χ1) is 46.5. The number of fused-ring (bicyclic) bond motifs is 9. The average molecular weight is 1280 g/mol. The van der Waals surface area contributed by atoms with Crippen molar-refractivity contribution in [2.45, 2.75) is 18.3 Å². The number of aromatic nitrogens is 2. The zero-order valence-corrected chi connectivity index (χ0v) is 54.8. The lowest BCUT2D eigenvalue weighted by molar-refractivity contribution is 0.0145. The van der Waals surface area contributed by atoms with Crippen LogP contribution < -0.4 is 14.4 Å². The Hall–Kier alpha value is -7.72. The summed E-state index contributed by atoms with van der Waals surface area (Å²) in [6, 6.07) is 63.6. The Labute approximate surface area is 551 Å². The van der Waals surface area contributed by atoms with E-state index in [2.05, 4.69) is 166 Å². The van der Waals surface area contributed by atoms with E-state index in [0.29, 0.717) is 145 Å². The van der Waals surface area contributed by atoms with E-state index in [4.69, 9.17) is 66.3 Å². The summed E-state index contributed by atoms with van der Waals surface area (Å²) in [4.78, 5) is 2.43. The molecule has 0 saturated carbocycles. The fourth-order valence-electron chi connectivity index (χ4n) is 12.6. The maximum atomic E-state index is 6.45. The van der Waals surface area contributed by atoms with Crippen LogP contribution in [0.5, 0.6) is 11.5 Å². The highest BCUT2D eigenvalue weighted by atomic mass is 16.6. The van der Waals surface area contributed by atoms with Crippen LogP contribution in [-0.2, 0) is 62.3 Å². The molecule has 0 radical (unpaired) electrons. The lowest BCUT2D eigenvalue weighted by Crippen LogP contribution is -2.30.